The molecule has 35 heavy (non-hydrogen) atoms. The van der Waals surface area contributed by atoms with E-state index in [2.05, 4.69) is 13.2 Å². The summed E-state index contributed by atoms with van der Waals surface area (Å²) in [4.78, 5) is 36.3. The summed E-state index contributed by atoms with van der Waals surface area (Å²) in [6.45, 7) is 8.35. The van der Waals surface area contributed by atoms with Crippen LogP contribution in [-0.2, 0) is 9.53 Å². The highest BCUT2D eigenvalue weighted by Crippen LogP contribution is 2.47. The summed E-state index contributed by atoms with van der Waals surface area (Å²) in [5.41, 5.74) is 4.47. The third-order valence-electron chi connectivity index (χ3n) is 5.72. The van der Waals surface area contributed by atoms with Gasteiger partial charge in [-0.05, 0) is 70.8 Å². The van der Waals surface area contributed by atoms with Crippen molar-refractivity contribution in [3.63, 3.8) is 0 Å². The van der Waals surface area contributed by atoms with Gasteiger partial charge in [-0.3, -0.25) is 0 Å². The Labute approximate surface area is 201 Å². The molecule has 0 bridgehead atoms. The maximum absolute atomic E-state index is 12.6. The smallest absolute Gasteiger partial charge is 0.343 e. The Morgan fingerprint density at radius 2 is 1.37 bits per heavy atom. The molecule has 1 N–H and O–H groups in total. The lowest BCUT2D eigenvalue weighted by molar-refractivity contribution is -0.130. The first-order chi connectivity index (χ1) is 16.8. The van der Waals surface area contributed by atoms with Crippen LogP contribution in [0.15, 0.2) is 85.7 Å². The first-order valence-corrected chi connectivity index (χ1v) is 10.8. The SMILES string of the molecule is C=COC(=O)c1ccc(C(=O)Oc2ccc3c(c2)C(C)c2cc(OC(=O)C(=C)CO)ccc2-3)cc1. The van der Waals surface area contributed by atoms with E-state index in [0.717, 1.165) is 28.5 Å². The van der Waals surface area contributed by atoms with Gasteiger partial charge in [0.05, 0.1) is 29.6 Å². The Morgan fingerprint density at radius 3 is 1.89 bits per heavy atom. The third-order valence-corrected chi connectivity index (χ3v) is 5.72. The summed E-state index contributed by atoms with van der Waals surface area (Å²) in [6, 6.07) is 16.7. The van der Waals surface area contributed by atoms with Crippen molar-refractivity contribution >= 4 is 17.9 Å². The monoisotopic (exact) mass is 470 g/mol. The summed E-state index contributed by atoms with van der Waals surface area (Å²) in [5, 5.41) is 9.06. The van der Waals surface area contributed by atoms with Gasteiger partial charge in [-0.1, -0.05) is 32.2 Å². The van der Waals surface area contributed by atoms with E-state index in [9.17, 15) is 14.4 Å². The Bertz CT molecular complexity index is 1350. The zero-order chi connectivity index (χ0) is 25.1. The summed E-state index contributed by atoms with van der Waals surface area (Å²) in [5.74, 6) is -1.10. The van der Waals surface area contributed by atoms with Crippen LogP contribution in [0.2, 0.25) is 0 Å². The molecule has 0 radical (unpaired) electrons. The van der Waals surface area contributed by atoms with E-state index >= 15 is 0 Å². The first kappa shape index (κ1) is 23.7. The second-order valence-corrected chi connectivity index (χ2v) is 7.91. The van der Waals surface area contributed by atoms with Crippen molar-refractivity contribution in [1.82, 2.24) is 0 Å². The molecule has 0 fully saturated rings. The fourth-order valence-electron chi connectivity index (χ4n) is 3.88. The minimum atomic E-state index is -0.685. The van der Waals surface area contributed by atoms with Crippen LogP contribution in [0.25, 0.3) is 11.1 Å². The summed E-state index contributed by atoms with van der Waals surface area (Å²) in [6.07, 6.45) is 1.04. The fourth-order valence-corrected chi connectivity index (χ4v) is 3.88. The van der Waals surface area contributed by atoms with Gasteiger partial charge in [0.15, 0.2) is 0 Å². The topological polar surface area (TPSA) is 99.1 Å². The third kappa shape index (κ3) is 4.76. The molecule has 0 saturated heterocycles. The van der Waals surface area contributed by atoms with Gasteiger partial charge in [-0.15, -0.1) is 0 Å². The zero-order valence-corrected chi connectivity index (χ0v) is 18.9. The summed E-state index contributed by atoms with van der Waals surface area (Å²) >= 11 is 0. The van der Waals surface area contributed by atoms with Gasteiger partial charge in [-0.2, -0.15) is 0 Å². The molecule has 3 aromatic rings. The molecule has 4 rings (SSSR count). The standard InChI is InChI=1S/C28H22O7/c1-4-33-27(31)18-5-7-19(8-6-18)28(32)35-21-10-12-23-22-11-9-20(34-26(30)16(2)15-29)13-24(22)17(3)25(23)14-21/h4-14,17,29H,1-2,15H2,3H3. The molecule has 176 valence electrons. The Morgan fingerprint density at radius 1 is 0.857 bits per heavy atom. The zero-order valence-electron chi connectivity index (χ0n) is 18.9. The second-order valence-electron chi connectivity index (χ2n) is 7.91. The van der Waals surface area contributed by atoms with Gasteiger partial charge >= 0.3 is 17.9 Å². The molecular formula is C28H22O7. The number of hydrogen-bond acceptors (Lipinski definition) is 7. The van der Waals surface area contributed by atoms with Crippen molar-refractivity contribution < 1.29 is 33.7 Å². The molecule has 0 amide bonds. The molecule has 1 aliphatic carbocycles. The number of ether oxygens (including phenoxy) is 3. The molecule has 1 unspecified atom stereocenters. The molecule has 0 aromatic heterocycles. The number of fused-ring (bicyclic) bond motifs is 3. The highest BCUT2D eigenvalue weighted by atomic mass is 16.5. The molecule has 0 saturated carbocycles. The Hall–Kier alpha value is -4.49. The Kier molecular flexibility index (Phi) is 6.62. The van der Waals surface area contributed by atoms with Crippen LogP contribution in [0.3, 0.4) is 0 Å². The van der Waals surface area contributed by atoms with Gasteiger partial charge in [0.2, 0.25) is 0 Å². The molecule has 0 heterocycles. The largest absolute Gasteiger partial charge is 0.432 e. The predicted octanol–water partition coefficient (Wildman–Crippen LogP) is 4.79. The number of hydrogen-bond donors (Lipinski definition) is 1. The van der Waals surface area contributed by atoms with Gasteiger partial charge in [0.25, 0.3) is 0 Å². The molecule has 1 atom stereocenters. The molecule has 7 heteroatoms. The number of carbonyl (C=O) groups excluding carboxylic acids is 3. The minimum absolute atomic E-state index is 0.0281. The van der Waals surface area contributed by atoms with E-state index in [1.165, 1.54) is 24.3 Å². The molecule has 3 aromatic carbocycles. The lowest BCUT2D eigenvalue weighted by atomic mass is 9.99. The van der Waals surface area contributed by atoms with E-state index in [4.69, 9.17) is 19.3 Å². The van der Waals surface area contributed by atoms with Crippen molar-refractivity contribution in [3.8, 4) is 22.6 Å². The average Bonchev–Trinajstić information content (AvgIpc) is 3.14. The van der Waals surface area contributed by atoms with Crippen LogP contribution in [0.4, 0.5) is 0 Å². The van der Waals surface area contributed by atoms with Crippen molar-refractivity contribution in [2.45, 2.75) is 12.8 Å². The van der Waals surface area contributed by atoms with Crippen molar-refractivity contribution in [3.05, 3.63) is 108 Å². The number of carbonyl (C=O) groups is 3. The van der Waals surface area contributed by atoms with E-state index in [0.29, 0.717) is 11.5 Å². The van der Waals surface area contributed by atoms with Crippen LogP contribution < -0.4 is 9.47 Å². The van der Waals surface area contributed by atoms with Gasteiger partial charge in [0, 0.05) is 5.92 Å². The molecule has 7 nitrogen and oxygen atoms in total. The molecule has 0 spiro atoms. The van der Waals surface area contributed by atoms with E-state index in [1.807, 2.05) is 25.1 Å². The first-order valence-electron chi connectivity index (χ1n) is 10.8. The summed E-state index contributed by atoms with van der Waals surface area (Å²) < 4.78 is 15.6. The number of benzene rings is 3. The maximum Gasteiger partial charge on any atom is 0.343 e. The van der Waals surface area contributed by atoms with E-state index in [1.54, 1.807) is 18.2 Å². The fraction of sp³-hybridized carbons (Fsp3) is 0.107. The normalized spacial score (nSPS) is 13.3. The van der Waals surface area contributed by atoms with Crippen LogP contribution in [0.1, 0.15) is 44.7 Å². The lowest BCUT2D eigenvalue weighted by Crippen LogP contribution is -2.13. The van der Waals surface area contributed by atoms with Crippen molar-refractivity contribution in [1.29, 1.82) is 0 Å². The van der Waals surface area contributed by atoms with E-state index < -0.39 is 24.5 Å². The van der Waals surface area contributed by atoms with Gasteiger partial charge in [-0.25, -0.2) is 14.4 Å². The van der Waals surface area contributed by atoms with Gasteiger partial charge in [0.1, 0.15) is 11.5 Å². The highest BCUT2D eigenvalue weighted by Gasteiger charge is 2.27. The highest BCUT2D eigenvalue weighted by molar-refractivity contribution is 5.94. The molecule has 0 aliphatic heterocycles. The molecule has 1 aliphatic rings. The number of aliphatic hydroxyl groups is 1. The predicted molar refractivity (Wildman–Crippen MR) is 128 cm³/mol. The van der Waals surface area contributed by atoms with Crippen LogP contribution >= 0.6 is 0 Å². The van der Waals surface area contributed by atoms with Crippen molar-refractivity contribution in [2.24, 2.45) is 0 Å². The van der Waals surface area contributed by atoms with Crippen molar-refractivity contribution in [2.75, 3.05) is 6.61 Å². The minimum Gasteiger partial charge on any atom is -0.432 e. The summed E-state index contributed by atoms with van der Waals surface area (Å²) in [7, 11) is 0. The quantitative estimate of drug-likeness (QED) is 0.229. The number of aliphatic hydroxyl groups excluding tert-OH is 1. The lowest BCUT2D eigenvalue weighted by Gasteiger charge is -2.10. The van der Waals surface area contributed by atoms with Gasteiger partial charge < -0.3 is 19.3 Å². The average molecular weight is 470 g/mol. The van der Waals surface area contributed by atoms with Crippen LogP contribution in [0.5, 0.6) is 11.5 Å². The van der Waals surface area contributed by atoms with E-state index in [-0.39, 0.29) is 22.6 Å². The maximum atomic E-state index is 12.6. The number of rotatable bonds is 7. The molecular weight excluding hydrogens is 448 g/mol. The number of esters is 3. The Balaban J connectivity index is 1.50. The van der Waals surface area contributed by atoms with Crippen LogP contribution in [-0.4, -0.2) is 29.6 Å². The van der Waals surface area contributed by atoms with Crippen LogP contribution in [0, 0.1) is 0 Å². The second kappa shape index (κ2) is 9.79.